The van der Waals surface area contributed by atoms with Crippen molar-refractivity contribution in [1.82, 2.24) is 9.29 Å². The molecule has 1 aliphatic rings. The van der Waals surface area contributed by atoms with Crippen molar-refractivity contribution in [2.45, 2.75) is 16.7 Å². The summed E-state index contributed by atoms with van der Waals surface area (Å²) < 4.78 is 32.7. The first kappa shape index (κ1) is 14.3. The third-order valence-corrected chi connectivity index (χ3v) is 7.15. The topological polar surface area (TPSA) is 59.5 Å². The highest BCUT2D eigenvalue weighted by Crippen LogP contribution is 2.30. The zero-order valence-corrected chi connectivity index (χ0v) is 13.4. The summed E-state index contributed by atoms with van der Waals surface area (Å²) in [6.45, 7) is 0.797. The van der Waals surface area contributed by atoms with Gasteiger partial charge in [0, 0.05) is 18.1 Å². The van der Waals surface area contributed by atoms with Crippen molar-refractivity contribution in [3.63, 3.8) is 0 Å². The molecule has 0 spiro atoms. The zero-order chi connectivity index (χ0) is 14.2. The van der Waals surface area contributed by atoms with Gasteiger partial charge in [-0.15, -0.1) is 11.3 Å². The molecule has 9 heteroatoms. The van der Waals surface area contributed by atoms with Crippen LogP contribution in [-0.2, 0) is 10.0 Å². The van der Waals surface area contributed by atoms with Crippen LogP contribution in [0.3, 0.4) is 0 Å². The van der Waals surface area contributed by atoms with Gasteiger partial charge in [0.05, 0.1) is 10.9 Å². The second-order valence-electron chi connectivity index (χ2n) is 4.25. The predicted octanol–water partition coefficient (Wildman–Crippen LogP) is 2.70. The van der Waals surface area contributed by atoms with Gasteiger partial charge in [0.1, 0.15) is 10.3 Å². The minimum Gasteiger partial charge on any atom is -0.465 e. The van der Waals surface area contributed by atoms with Gasteiger partial charge in [-0.2, -0.15) is 4.31 Å². The Morgan fingerprint density at radius 3 is 2.95 bits per heavy atom. The Morgan fingerprint density at radius 2 is 2.30 bits per heavy atom. The van der Waals surface area contributed by atoms with E-state index < -0.39 is 10.0 Å². The number of ether oxygens (including phenoxy) is 1. The van der Waals surface area contributed by atoms with Crippen LogP contribution in [0.2, 0.25) is 4.34 Å². The lowest BCUT2D eigenvalue weighted by Crippen LogP contribution is -2.30. The second-order valence-corrected chi connectivity index (χ2v) is 8.99. The first-order chi connectivity index (χ1) is 9.55. The van der Waals surface area contributed by atoms with Crippen LogP contribution >= 0.6 is 34.3 Å². The van der Waals surface area contributed by atoms with E-state index in [1.165, 1.54) is 21.7 Å². The van der Waals surface area contributed by atoms with Crippen LogP contribution in [0.5, 0.6) is 5.19 Å². The summed E-state index contributed by atoms with van der Waals surface area (Å²) in [5.41, 5.74) is 0. The van der Waals surface area contributed by atoms with Gasteiger partial charge in [-0.1, -0.05) is 22.9 Å². The van der Waals surface area contributed by atoms with Crippen molar-refractivity contribution < 1.29 is 13.2 Å². The summed E-state index contributed by atoms with van der Waals surface area (Å²) in [7, 11) is -3.46. The highest BCUT2D eigenvalue weighted by molar-refractivity contribution is 7.91. The lowest BCUT2D eigenvalue weighted by Gasteiger charge is -2.15. The lowest BCUT2D eigenvalue weighted by molar-refractivity contribution is 0.214. The highest BCUT2D eigenvalue weighted by atomic mass is 35.5. The highest BCUT2D eigenvalue weighted by Gasteiger charge is 2.34. The van der Waals surface area contributed by atoms with Gasteiger partial charge < -0.3 is 4.74 Å². The molecule has 0 bridgehead atoms. The van der Waals surface area contributed by atoms with Crippen LogP contribution in [0.15, 0.2) is 27.9 Å². The van der Waals surface area contributed by atoms with Crippen LogP contribution in [0.25, 0.3) is 0 Å². The molecule has 2 aromatic rings. The summed E-state index contributed by atoms with van der Waals surface area (Å²) in [5.74, 6) is 0. The summed E-state index contributed by atoms with van der Waals surface area (Å²) in [5, 5.41) is 2.40. The molecule has 5 nitrogen and oxygen atoms in total. The van der Waals surface area contributed by atoms with E-state index in [4.69, 9.17) is 16.3 Å². The lowest BCUT2D eigenvalue weighted by atomic mass is 10.3. The van der Waals surface area contributed by atoms with E-state index in [1.807, 2.05) is 5.38 Å². The molecule has 1 fully saturated rings. The molecule has 1 unspecified atom stereocenters. The van der Waals surface area contributed by atoms with Crippen molar-refractivity contribution in [1.29, 1.82) is 0 Å². The normalized spacial score (nSPS) is 20.4. The number of nitrogens with zero attached hydrogens (tertiary/aromatic N) is 2. The number of thiazole rings is 1. The molecular formula is C11H11ClN2O3S3. The fourth-order valence-electron chi connectivity index (χ4n) is 1.99. The van der Waals surface area contributed by atoms with E-state index >= 15 is 0 Å². The van der Waals surface area contributed by atoms with E-state index in [-0.39, 0.29) is 10.3 Å². The maximum absolute atomic E-state index is 12.4. The Bertz CT molecular complexity index is 684. The minimum atomic E-state index is -3.46. The number of hydrogen-bond donors (Lipinski definition) is 0. The van der Waals surface area contributed by atoms with Gasteiger partial charge in [-0.25, -0.2) is 13.4 Å². The van der Waals surface area contributed by atoms with E-state index in [0.717, 1.165) is 11.3 Å². The van der Waals surface area contributed by atoms with Gasteiger partial charge in [0.15, 0.2) is 0 Å². The van der Waals surface area contributed by atoms with Crippen molar-refractivity contribution in [3.8, 4) is 5.19 Å². The molecular weight excluding hydrogens is 340 g/mol. The second kappa shape index (κ2) is 5.61. The standard InChI is InChI=1S/C11H11ClN2O3S3/c12-9-1-2-10(19-9)20(15,16)14-5-3-8(7-14)17-11-13-4-6-18-11/h1-2,4,6,8H,3,5,7H2. The average Bonchev–Trinajstić information content (AvgIpc) is 3.10. The third-order valence-electron chi connectivity index (χ3n) is 2.93. The Balaban J connectivity index is 1.70. The molecule has 20 heavy (non-hydrogen) atoms. The van der Waals surface area contributed by atoms with Crippen molar-refractivity contribution in [3.05, 3.63) is 28.0 Å². The molecule has 108 valence electrons. The predicted molar refractivity (Wildman–Crippen MR) is 79.2 cm³/mol. The quantitative estimate of drug-likeness (QED) is 0.850. The Morgan fingerprint density at radius 1 is 1.45 bits per heavy atom. The number of hydrogen-bond acceptors (Lipinski definition) is 6. The molecule has 0 aliphatic carbocycles. The van der Waals surface area contributed by atoms with Gasteiger partial charge >= 0.3 is 0 Å². The zero-order valence-electron chi connectivity index (χ0n) is 10.2. The third kappa shape index (κ3) is 2.84. The smallest absolute Gasteiger partial charge is 0.273 e. The molecule has 0 aromatic carbocycles. The summed E-state index contributed by atoms with van der Waals surface area (Å²) >= 11 is 8.27. The van der Waals surface area contributed by atoms with E-state index in [2.05, 4.69) is 4.98 Å². The van der Waals surface area contributed by atoms with Gasteiger partial charge in [-0.05, 0) is 18.6 Å². The van der Waals surface area contributed by atoms with Gasteiger partial charge in [-0.3, -0.25) is 0 Å². The largest absolute Gasteiger partial charge is 0.465 e. The van der Waals surface area contributed by atoms with E-state index in [0.29, 0.717) is 29.0 Å². The molecule has 0 radical (unpaired) electrons. The van der Waals surface area contributed by atoms with Gasteiger partial charge in [0.2, 0.25) is 0 Å². The van der Waals surface area contributed by atoms with Crippen molar-refractivity contribution in [2.24, 2.45) is 0 Å². The molecule has 1 saturated heterocycles. The molecule has 3 heterocycles. The summed E-state index contributed by atoms with van der Waals surface area (Å²) in [6, 6.07) is 3.13. The van der Waals surface area contributed by atoms with Crippen LogP contribution in [-0.4, -0.2) is 36.9 Å². The summed E-state index contributed by atoms with van der Waals surface area (Å²) in [6.07, 6.45) is 2.18. The molecule has 3 rings (SSSR count). The maximum Gasteiger partial charge on any atom is 0.273 e. The Labute approximate surface area is 129 Å². The van der Waals surface area contributed by atoms with Crippen molar-refractivity contribution in [2.75, 3.05) is 13.1 Å². The first-order valence-corrected chi connectivity index (χ1v) is 9.39. The average molecular weight is 351 g/mol. The summed E-state index contributed by atoms with van der Waals surface area (Å²) in [4.78, 5) is 4.04. The van der Waals surface area contributed by atoms with E-state index in [9.17, 15) is 8.42 Å². The van der Waals surface area contributed by atoms with Crippen LogP contribution in [0.1, 0.15) is 6.42 Å². The minimum absolute atomic E-state index is 0.147. The molecule has 1 aliphatic heterocycles. The number of rotatable bonds is 4. The molecule has 0 saturated carbocycles. The molecule has 2 aromatic heterocycles. The number of halogens is 1. The maximum atomic E-state index is 12.4. The molecule has 0 amide bonds. The molecule has 0 N–H and O–H groups in total. The Hall–Kier alpha value is -0.670. The monoisotopic (exact) mass is 350 g/mol. The first-order valence-electron chi connectivity index (χ1n) is 5.87. The van der Waals surface area contributed by atoms with Crippen LogP contribution < -0.4 is 4.74 Å². The fourth-order valence-corrected chi connectivity index (χ4v) is 5.66. The number of thiophene rings is 1. The van der Waals surface area contributed by atoms with Crippen molar-refractivity contribution >= 4 is 44.3 Å². The van der Waals surface area contributed by atoms with Crippen LogP contribution in [0.4, 0.5) is 0 Å². The van der Waals surface area contributed by atoms with E-state index in [1.54, 1.807) is 12.3 Å². The Kier molecular flexibility index (Phi) is 4.00. The number of sulfonamides is 1. The number of aromatic nitrogens is 1. The van der Waals surface area contributed by atoms with Crippen LogP contribution in [0, 0.1) is 0 Å². The fraction of sp³-hybridized carbons (Fsp3) is 0.364. The SMILES string of the molecule is O=S(=O)(c1ccc(Cl)s1)N1CCC(Oc2nccs2)C1. The van der Waals surface area contributed by atoms with Gasteiger partial charge in [0.25, 0.3) is 15.2 Å². The molecule has 1 atom stereocenters.